The van der Waals surface area contributed by atoms with Crippen molar-refractivity contribution < 1.29 is 22.4 Å². The van der Waals surface area contributed by atoms with Gasteiger partial charge in [0.05, 0.1) is 4.90 Å². The van der Waals surface area contributed by atoms with E-state index in [0.717, 1.165) is 52.5 Å². The van der Waals surface area contributed by atoms with E-state index in [0.29, 0.717) is 18.5 Å². The first-order valence-electron chi connectivity index (χ1n) is 12.0. The highest BCUT2D eigenvalue weighted by Crippen LogP contribution is 2.27. The van der Waals surface area contributed by atoms with E-state index in [2.05, 4.69) is 10.6 Å². The number of nitrogens with two attached hydrogens (primary N) is 1. The number of nitrogens with zero attached hydrogens (tertiary/aromatic N) is 2. The molecule has 0 aromatic heterocycles. The van der Waals surface area contributed by atoms with Crippen molar-refractivity contribution in [2.75, 3.05) is 18.4 Å². The van der Waals surface area contributed by atoms with Gasteiger partial charge in [-0.2, -0.15) is 4.31 Å². The zero-order valence-electron chi connectivity index (χ0n) is 20.4. The summed E-state index contributed by atoms with van der Waals surface area (Å²) >= 11 is 0. The summed E-state index contributed by atoms with van der Waals surface area (Å²) in [7, 11) is -4.19. The minimum Gasteiger partial charge on any atom is -0.350 e. The second-order valence-corrected chi connectivity index (χ2v) is 11.5. The van der Waals surface area contributed by atoms with E-state index >= 15 is 0 Å². The monoisotopic (exact) mass is 517 g/mol. The number of anilines is 1. The lowest BCUT2D eigenvalue weighted by Gasteiger charge is -2.32. The molecular formula is C25H32FN5O4S. The maximum absolute atomic E-state index is 13.5. The quantitative estimate of drug-likeness (QED) is 0.563. The highest BCUT2D eigenvalue weighted by molar-refractivity contribution is 7.89. The normalized spacial score (nSPS) is 22.9. The lowest BCUT2D eigenvalue weighted by atomic mass is 9.92. The van der Waals surface area contributed by atoms with Crippen LogP contribution < -0.4 is 16.4 Å². The largest absolute Gasteiger partial charge is 0.350 e. The Morgan fingerprint density at radius 2 is 1.58 bits per heavy atom. The fourth-order valence-corrected chi connectivity index (χ4v) is 6.41. The van der Waals surface area contributed by atoms with Gasteiger partial charge < -0.3 is 16.4 Å². The van der Waals surface area contributed by atoms with Crippen LogP contribution in [-0.4, -0.2) is 60.9 Å². The first-order valence-corrected chi connectivity index (χ1v) is 13.5. The fourth-order valence-electron chi connectivity index (χ4n) is 4.87. The minimum atomic E-state index is -4.19. The molecule has 1 aliphatic carbocycles. The lowest BCUT2D eigenvalue weighted by molar-refractivity contribution is -0.128. The summed E-state index contributed by atoms with van der Waals surface area (Å²) in [6, 6.07) is 9.32. The lowest BCUT2D eigenvalue weighted by Crippen LogP contribution is -2.56. The zero-order chi connectivity index (χ0) is 26.0. The van der Waals surface area contributed by atoms with Crippen LogP contribution in [0.5, 0.6) is 0 Å². The number of hydrogen-bond donors (Lipinski definition) is 3. The topological polar surface area (TPSA) is 125 Å². The Morgan fingerprint density at radius 1 is 0.972 bits per heavy atom. The molecule has 1 saturated carbocycles. The van der Waals surface area contributed by atoms with Gasteiger partial charge in [-0.15, -0.1) is 0 Å². The van der Waals surface area contributed by atoms with Crippen LogP contribution in [0.15, 0.2) is 47.4 Å². The molecule has 1 unspecified atom stereocenters. The number of sulfonamides is 1. The Morgan fingerprint density at radius 3 is 2.19 bits per heavy atom. The van der Waals surface area contributed by atoms with Crippen molar-refractivity contribution in [3.63, 3.8) is 0 Å². The minimum absolute atomic E-state index is 0.0185. The van der Waals surface area contributed by atoms with Crippen LogP contribution in [0.2, 0.25) is 0 Å². The highest BCUT2D eigenvalue weighted by Gasteiger charge is 2.47. The summed E-state index contributed by atoms with van der Waals surface area (Å²) in [5.74, 6) is -1.15. The molecule has 36 heavy (non-hydrogen) atoms. The van der Waals surface area contributed by atoms with E-state index in [1.54, 1.807) is 12.1 Å². The number of hydrogen-bond acceptors (Lipinski definition) is 5. The Bertz CT molecular complexity index is 1210. The molecule has 2 aromatic carbocycles. The zero-order valence-corrected chi connectivity index (χ0v) is 21.2. The average Bonchev–Trinajstić information content (AvgIpc) is 3.27. The maximum atomic E-state index is 13.5. The second kappa shape index (κ2) is 10.5. The summed E-state index contributed by atoms with van der Waals surface area (Å²) in [4.78, 5) is 27.8. The number of amides is 3. The van der Waals surface area contributed by atoms with Crippen molar-refractivity contribution in [1.29, 1.82) is 0 Å². The van der Waals surface area contributed by atoms with Gasteiger partial charge in [-0.1, -0.05) is 6.07 Å². The smallest absolute Gasteiger partial charge is 0.323 e. The predicted octanol–water partition coefficient (Wildman–Crippen LogP) is 2.69. The van der Waals surface area contributed by atoms with Gasteiger partial charge in [0.2, 0.25) is 10.0 Å². The van der Waals surface area contributed by atoms with E-state index in [-0.39, 0.29) is 30.1 Å². The third-order valence-corrected chi connectivity index (χ3v) is 8.50. The van der Waals surface area contributed by atoms with Crippen LogP contribution in [0.25, 0.3) is 0 Å². The standard InChI is InChI=1S/C25H32FN5O4S/c1-16-13-17(2)15-21(14-16)29-25(33)30-11-12-31(36(34,35)22-9-3-18(26)4-10-22)24(30)23(32)28-20-7-5-19(27)6-8-20/h3-4,9-10,13-15,19-20,24H,5-8,11-12,27H2,1-2H3,(H,28,32)(H,29,33). The molecule has 0 spiro atoms. The number of aryl methyl sites for hydroxylation is 2. The molecule has 0 radical (unpaired) electrons. The number of rotatable bonds is 5. The van der Waals surface area contributed by atoms with Crippen LogP contribution >= 0.6 is 0 Å². The SMILES string of the molecule is Cc1cc(C)cc(NC(=O)N2CCN(S(=O)(=O)c3ccc(F)cc3)C2C(=O)NC2CCC(N)CC2)c1. The summed E-state index contributed by atoms with van der Waals surface area (Å²) in [5.41, 5.74) is 8.44. The van der Waals surface area contributed by atoms with Gasteiger partial charge in [-0.3, -0.25) is 9.69 Å². The molecule has 4 rings (SSSR count). The molecular weight excluding hydrogens is 485 g/mol. The van der Waals surface area contributed by atoms with E-state index in [9.17, 15) is 22.4 Å². The molecule has 9 nitrogen and oxygen atoms in total. The summed E-state index contributed by atoms with van der Waals surface area (Å²) < 4.78 is 41.4. The molecule has 4 N–H and O–H groups in total. The number of urea groups is 1. The van der Waals surface area contributed by atoms with E-state index in [4.69, 9.17) is 5.73 Å². The van der Waals surface area contributed by atoms with Crippen molar-refractivity contribution in [1.82, 2.24) is 14.5 Å². The number of nitrogens with one attached hydrogen (secondary N) is 2. The molecule has 3 amide bonds. The predicted molar refractivity (Wildman–Crippen MR) is 134 cm³/mol. The number of carbonyl (C=O) groups is 2. The average molecular weight is 518 g/mol. The van der Waals surface area contributed by atoms with Gasteiger partial charge in [0.25, 0.3) is 5.91 Å². The molecule has 2 aliphatic rings. The van der Waals surface area contributed by atoms with Crippen molar-refractivity contribution in [2.24, 2.45) is 5.73 Å². The molecule has 194 valence electrons. The number of carbonyl (C=O) groups excluding carboxylic acids is 2. The van der Waals surface area contributed by atoms with Crippen molar-refractivity contribution in [2.45, 2.75) is 62.7 Å². The second-order valence-electron chi connectivity index (χ2n) is 9.56. The summed E-state index contributed by atoms with van der Waals surface area (Å²) in [6.45, 7) is 3.75. The maximum Gasteiger partial charge on any atom is 0.323 e. The van der Waals surface area contributed by atoms with Gasteiger partial charge in [0, 0.05) is 30.9 Å². The van der Waals surface area contributed by atoms with Crippen molar-refractivity contribution in [3.8, 4) is 0 Å². The van der Waals surface area contributed by atoms with Crippen molar-refractivity contribution >= 4 is 27.6 Å². The number of benzene rings is 2. The third kappa shape index (κ3) is 5.69. The molecule has 2 aromatic rings. The van der Waals surface area contributed by atoms with E-state index in [1.165, 1.54) is 4.90 Å². The molecule has 1 heterocycles. The van der Waals surface area contributed by atoms with Crippen LogP contribution in [0.1, 0.15) is 36.8 Å². The van der Waals surface area contributed by atoms with Crippen LogP contribution in [-0.2, 0) is 14.8 Å². The molecule has 2 fully saturated rings. The summed E-state index contributed by atoms with van der Waals surface area (Å²) in [6.07, 6.45) is 1.48. The Labute approximate surface area is 210 Å². The van der Waals surface area contributed by atoms with Crippen LogP contribution in [0.3, 0.4) is 0 Å². The molecule has 11 heteroatoms. The highest BCUT2D eigenvalue weighted by atomic mass is 32.2. The molecule has 1 aliphatic heterocycles. The Balaban J connectivity index is 1.61. The molecule has 1 atom stereocenters. The first-order chi connectivity index (χ1) is 17.0. The van der Waals surface area contributed by atoms with Gasteiger partial charge in [0.15, 0.2) is 6.17 Å². The van der Waals surface area contributed by atoms with Crippen LogP contribution in [0.4, 0.5) is 14.9 Å². The molecule has 1 saturated heterocycles. The fraction of sp³-hybridized carbons (Fsp3) is 0.440. The molecule has 0 bridgehead atoms. The number of halogens is 1. The van der Waals surface area contributed by atoms with Gasteiger partial charge in [-0.05, 0) is 87.1 Å². The third-order valence-electron chi connectivity index (χ3n) is 6.64. The summed E-state index contributed by atoms with van der Waals surface area (Å²) in [5, 5.41) is 5.73. The van der Waals surface area contributed by atoms with E-state index in [1.807, 2.05) is 19.9 Å². The van der Waals surface area contributed by atoms with Crippen LogP contribution in [0, 0.1) is 19.7 Å². The van der Waals surface area contributed by atoms with Gasteiger partial charge in [-0.25, -0.2) is 17.6 Å². The first kappa shape index (κ1) is 26.1. The van der Waals surface area contributed by atoms with Crippen molar-refractivity contribution in [3.05, 3.63) is 59.4 Å². The van der Waals surface area contributed by atoms with E-state index < -0.39 is 33.9 Å². The Hall–Kier alpha value is -3.02. The van der Waals surface area contributed by atoms with Gasteiger partial charge in [0.1, 0.15) is 5.82 Å². The van der Waals surface area contributed by atoms with Gasteiger partial charge >= 0.3 is 6.03 Å². The Kier molecular flexibility index (Phi) is 7.62.